The van der Waals surface area contributed by atoms with E-state index in [-0.39, 0.29) is 35.6 Å². The van der Waals surface area contributed by atoms with Gasteiger partial charge in [-0.3, -0.25) is 4.79 Å². The van der Waals surface area contributed by atoms with Crippen LogP contribution in [0.3, 0.4) is 0 Å². The van der Waals surface area contributed by atoms with Gasteiger partial charge in [-0.25, -0.2) is 4.99 Å². The normalized spacial score (nSPS) is 10.9. The second kappa shape index (κ2) is 15.7. The van der Waals surface area contributed by atoms with Crippen LogP contribution in [0.1, 0.15) is 49.2 Å². The number of unbranched alkanes of at least 4 members (excludes halogenated alkanes) is 1. The van der Waals surface area contributed by atoms with Crippen molar-refractivity contribution in [2.24, 2.45) is 4.99 Å². The van der Waals surface area contributed by atoms with Gasteiger partial charge in [0, 0.05) is 32.0 Å². The molecule has 0 saturated carbocycles. The summed E-state index contributed by atoms with van der Waals surface area (Å²) in [4.78, 5) is 16.6. The Labute approximate surface area is 196 Å². The van der Waals surface area contributed by atoms with Crippen LogP contribution in [0.4, 0.5) is 5.69 Å². The van der Waals surface area contributed by atoms with Crippen molar-refractivity contribution in [2.75, 3.05) is 31.6 Å². The fraction of sp³-hybridized carbons (Fsp3) is 0.455. The van der Waals surface area contributed by atoms with Crippen LogP contribution in [0.25, 0.3) is 0 Å². The van der Waals surface area contributed by atoms with Crippen LogP contribution < -0.4 is 16.0 Å². The predicted octanol–water partition coefficient (Wildman–Crippen LogP) is 4.41. The topological polar surface area (TPSA) is 87.9 Å². The van der Waals surface area contributed by atoms with E-state index in [4.69, 9.17) is 9.15 Å². The van der Waals surface area contributed by atoms with Gasteiger partial charge in [-0.15, -0.1) is 24.0 Å². The van der Waals surface area contributed by atoms with Crippen LogP contribution in [-0.2, 0) is 11.3 Å². The average Bonchev–Trinajstić information content (AvgIpc) is 3.27. The molecule has 2 aromatic rings. The summed E-state index contributed by atoms with van der Waals surface area (Å²) < 4.78 is 10.7. The second-order valence-corrected chi connectivity index (χ2v) is 6.57. The van der Waals surface area contributed by atoms with Gasteiger partial charge < -0.3 is 25.1 Å². The highest BCUT2D eigenvalue weighted by Gasteiger charge is 2.08. The van der Waals surface area contributed by atoms with Crippen LogP contribution in [0.15, 0.2) is 52.1 Å². The molecule has 3 N–H and O–H groups in total. The Bertz CT molecular complexity index is 733. The number of rotatable bonds is 12. The number of aliphatic imine (C=N–C) groups is 1. The standard InChI is InChI=1S/C22H32N4O3.HI/c1-3-5-14-28-15-7-13-24-22(23-4-2)25-17-18-9-11-19(12-10-18)26-21(27)20-8-6-16-29-20;/h6,8-12,16H,3-5,7,13-15,17H2,1-2H3,(H,26,27)(H2,23,24,25);1H. The van der Waals surface area contributed by atoms with E-state index in [1.54, 1.807) is 12.1 Å². The molecule has 0 aliphatic carbocycles. The molecule has 0 unspecified atom stereocenters. The highest BCUT2D eigenvalue weighted by molar-refractivity contribution is 14.0. The number of hydrogen-bond acceptors (Lipinski definition) is 4. The number of amides is 1. The summed E-state index contributed by atoms with van der Waals surface area (Å²) in [5, 5.41) is 9.38. The Balaban J connectivity index is 0.00000450. The third kappa shape index (κ3) is 10.1. The van der Waals surface area contributed by atoms with Crippen LogP contribution in [0.2, 0.25) is 0 Å². The van der Waals surface area contributed by atoms with E-state index in [1.165, 1.54) is 6.26 Å². The Hall–Kier alpha value is -2.07. The molecule has 0 aliphatic heterocycles. The lowest BCUT2D eigenvalue weighted by molar-refractivity contribution is 0.0996. The average molecular weight is 528 g/mol. The number of benzene rings is 1. The molecule has 2 rings (SSSR count). The Kier molecular flexibility index (Phi) is 13.6. The number of anilines is 1. The zero-order valence-corrected chi connectivity index (χ0v) is 20.1. The summed E-state index contributed by atoms with van der Waals surface area (Å²) >= 11 is 0. The molecular formula is C22H33IN4O3. The lowest BCUT2D eigenvalue weighted by Crippen LogP contribution is -2.38. The number of carbonyl (C=O) groups excluding carboxylic acids is 1. The molecule has 0 bridgehead atoms. The molecule has 8 heteroatoms. The first-order valence-electron chi connectivity index (χ1n) is 10.3. The molecule has 0 aliphatic rings. The largest absolute Gasteiger partial charge is 0.459 e. The Morgan fingerprint density at radius 3 is 2.50 bits per heavy atom. The summed E-state index contributed by atoms with van der Waals surface area (Å²) in [6.07, 6.45) is 4.69. The molecule has 1 aromatic carbocycles. The third-order valence-electron chi connectivity index (χ3n) is 4.12. The molecule has 1 heterocycles. The fourth-order valence-corrected chi connectivity index (χ4v) is 2.54. The monoisotopic (exact) mass is 528 g/mol. The second-order valence-electron chi connectivity index (χ2n) is 6.57. The van der Waals surface area contributed by atoms with Crippen molar-refractivity contribution in [3.63, 3.8) is 0 Å². The van der Waals surface area contributed by atoms with Gasteiger partial charge >= 0.3 is 0 Å². The summed E-state index contributed by atoms with van der Waals surface area (Å²) in [5.41, 5.74) is 1.77. The van der Waals surface area contributed by atoms with Crippen molar-refractivity contribution in [1.82, 2.24) is 10.6 Å². The van der Waals surface area contributed by atoms with Crippen LogP contribution in [0.5, 0.6) is 0 Å². The summed E-state index contributed by atoms with van der Waals surface area (Å²) in [6, 6.07) is 10.9. The van der Waals surface area contributed by atoms with Crippen molar-refractivity contribution in [1.29, 1.82) is 0 Å². The molecule has 0 radical (unpaired) electrons. The minimum Gasteiger partial charge on any atom is -0.459 e. The van der Waals surface area contributed by atoms with Gasteiger partial charge in [0.25, 0.3) is 5.91 Å². The lowest BCUT2D eigenvalue weighted by atomic mass is 10.2. The Morgan fingerprint density at radius 1 is 1.07 bits per heavy atom. The molecule has 30 heavy (non-hydrogen) atoms. The van der Waals surface area contributed by atoms with Crippen molar-refractivity contribution in [2.45, 2.75) is 39.7 Å². The van der Waals surface area contributed by atoms with Gasteiger partial charge in [-0.2, -0.15) is 0 Å². The number of carbonyl (C=O) groups is 1. The van der Waals surface area contributed by atoms with Gasteiger partial charge in [-0.1, -0.05) is 25.5 Å². The molecule has 0 spiro atoms. The van der Waals surface area contributed by atoms with Gasteiger partial charge in [0.15, 0.2) is 11.7 Å². The summed E-state index contributed by atoms with van der Waals surface area (Å²) in [5.74, 6) is 0.810. The van der Waals surface area contributed by atoms with E-state index in [0.717, 1.165) is 57.1 Å². The number of nitrogens with one attached hydrogen (secondary N) is 3. The maximum atomic E-state index is 12.0. The van der Waals surface area contributed by atoms with Crippen molar-refractivity contribution >= 4 is 41.5 Å². The number of nitrogens with zero attached hydrogens (tertiary/aromatic N) is 1. The van der Waals surface area contributed by atoms with Crippen LogP contribution in [0, 0.1) is 0 Å². The molecular weight excluding hydrogens is 495 g/mol. The number of halogens is 1. The number of guanidine groups is 1. The summed E-state index contributed by atoms with van der Waals surface area (Å²) in [6.45, 7) is 7.97. The SMILES string of the molecule is CCCCOCCCNC(=NCc1ccc(NC(=O)c2ccco2)cc1)NCC.I. The quantitative estimate of drug-likeness (QED) is 0.164. The van der Waals surface area contributed by atoms with E-state index in [9.17, 15) is 4.79 Å². The molecule has 0 saturated heterocycles. The zero-order chi connectivity index (χ0) is 20.7. The van der Waals surface area contributed by atoms with E-state index in [2.05, 4.69) is 27.9 Å². The highest BCUT2D eigenvalue weighted by atomic mass is 127. The third-order valence-corrected chi connectivity index (χ3v) is 4.12. The van der Waals surface area contributed by atoms with Crippen LogP contribution >= 0.6 is 24.0 Å². The van der Waals surface area contributed by atoms with E-state index in [0.29, 0.717) is 12.2 Å². The van der Waals surface area contributed by atoms with Crippen molar-refractivity contribution in [3.05, 3.63) is 54.0 Å². The fourth-order valence-electron chi connectivity index (χ4n) is 2.54. The smallest absolute Gasteiger partial charge is 0.291 e. The molecule has 0 atom stereocenters. The number of hydrogen-bond donors (Lipinski definition) is 3. The highest BCUT2D eigenvalue weighted by Crippen LogP contribution is 2.12. The lowest BCUT2D eigenvalue weighted by Gasteiger charge is -2.11. The molecule has 166 valence electrons. The predicted molar refractivity (Wildman–Crippen MR) is 132 cm³/mol. The first kappa shape index (κ1) is 26.0. The first-order chi connectivity index (χ1) is 14.2. The molecule has 7 nitrogen and oxygen atoms in total. The molecule has 0 fully saturated rings. The maximum Gasteiger partial charge on any atom is 0.291 e. The van der Waals surface area contributed by atoms with E-state index >= 15 is 0 Å². The zero-order valence-electron chi connectivity index (χ0n) is 17.8. The minimum absolute atomic E-state index is 0. The Morgan fingerprint density at radius 2 is 1.83 bits per heavy atom. The van der Waals surface area contributed by atoms with Crippen molar-refractivity contribution < 1.29 is 13.9 Å². The van der Waals surface area contributed by atoms with Gasteiger partial charge in [0.1, 0.15) is 0 Å². The molecule has 1 amide bonds. The van der Waals surface area contributed by atoms with Gasteiger partial charge in [-0.05, 0) is 49.6 Å². The van der Waals surface area contributed by atoms with Gasteiger partial charge in [0.05, 0.1) is 12.8 Å². The first-order valence-corrected chi connectivity index (χ1v) is 10.3. The van der Waals surface area contributed by atoms with Gasteiger partial charge in [0.2, 0.25) is 0 Å². The summed E-state index contributed by atoms with van der Waals surface area (Å²) in [7, 11) is 0. The minimum atomic E-state index is -0.266. The number of ether oxygens (including phenoxy) is 1. The number of furan rings is 1. The van der Waals surface area contributed by atoms with E-state index in [1.807, 2.05) is 31.2 Å². The van der Waals surface area contributed by atoms with Crippen LogP contribution in [-0.4, -0.2) is 38.2 Å². The maximum absolute atomic E-state index is 12.0. The van der Waals surface area contributed by atoms with Crippen molar-refractivity contribution in [3.8, 4) is 0 Å². The molecule has 1 aromatic heterocycles. The van der Waals surface area contributed by atoms with E-state index < -0.39 is 0 Å².